The highest BCUT2D eigenvalue weighted by Crippen LogP contribution is 2.20. The summed E-state index contributed by atoms with van der Waals surface area (Å²) in [6.45, 7) is 6.54. The van der Waals surface area contributed by atoms with Gasteiger partial charge in [-0.2, -0.15) is 11.8 Å². The first-order valence-electron chi connectivity index (χ1n) is 6.62. The Balaban J connectivity index is 2.80. The molecule has 3 unspecified atom stereocenters. The molecule has 0 aromatic carbocycles. The Kier molecular flexibility index (Phi) is 5.99. The Morgan fingerprint density at radius 2 is 2.11 bits per heavy atom. The summed E-state index contributed by atoms with van der Waals surface area (Å²) in [7, 11) is 0. The average Bonchev–Trinajstić information content (AvgIpc) is 2.34. The number of hydrogen-bond donors (Lipinski definition) is 1. The Morgan fingerprint density at radius 1 is 1.44 bits per heavy atom. The van der Waals surface area contributed by atoms with E-state index in [1.54, 1.807) is 23.6 Å². The molecule has 0 saturated carbocycles. The third-order valence-corrected chi connectivity index (χ3v) is 4.24. The Hall–Kier alpha value is -0.710. The quantitative estimate of drug-likeness (QED) is 0.746. The zero-order chi connectivity index (χ0) is 13.7. The van der Waals surface area contributed by atoms with Crippen molar-refractivity contribution >= 4 is 23.6 Å². The maximum Gasteiger partial charge on any atom is 0.245 e. The van der Waals surface area contributed by atoms with Crippen molar-refractivity contribution in [3.05, 3.63) is 0 Å². The highest BCUT2D eigenvalue weighted by molar-refractivity contribution is 7.98. The highest BCUT2D eigenvalue weighted by atomic mass is 32.2. The first-order chi connectivity index (χ1) is 8.52. The minimum Gasteiger partial charge on any atom is -0.343 e. The summed E-state index contributed by atoms with van der Waals surface area (Å²) in [4.78, 5) is 26.1. The van der Waals surface area contributed by atoms with Gasteiger partial charge in [-0.05, 0) is 31.3 Å². The third kappa shape index (κ3) is 3.40. The van der Waals surface area contributed by atoms with E-state index in [2.05, 4.69) is 18.5 Å². The molecule has 0 radical (unpaired) electrons. The van der Waals surface area contributed by atoms with E-state index < -0.39 is 0 Å². The summed E-state index contributed by atoms with van der Waals surface area (Å²) in [6, 6.07) is -0.673. The Morgan fingerprint density at radius 3 is 2.67 bits per heavy atom. The van der Waals surface area contributed by atoms with Crippen LogP contribution in [0, 0.1) is 5.92 Å². The van der Waals surface area contributed by atoms with Gasteiger partial charge in [0.2, 0.25) is 11.8 Å². The zero-order valence-corrected chi connectivity index (χ0v) is 12.5. The molecule has 4 nitrogen and oxygen atoms in total. The Bertz CT molecular complexity index is 309. The smallest absolute Gasteiger partial charge is 0.245 e. The van der Waals surface area contributed by atoms with Gasteiger partial charge >= 0.3 is 0 Å². The van der Waals surface area contributed by atoms with Crippen molar-refractivity contribution in [1.82, 2.24) is 10.2 Å². The van der Waals surface area contributed by atoms with Crippen molar-refractivity contribution in [1.29, 1.82) is 0 Å². The molecule has 1 heterocycles. The molecule has 0 aromatic rings. The van der Waals surface area contributed by atoms with Crippen LogP contribution in [-0.2, 0) is 9.59 Å². The predicted octanol–water partition coefficient (Wildman–Crippen LogP) is 1.50. The Labute approximate surface area is 114 Å². The normalized spacial score (nSPS) is 26.1. The van der Waals surface area contributed by atoms with E-state index in [9.17, 15) is 9.59 Å². The van der Waals surface area contributed by atoms with Crippen molar-refractivity contribution < 1.29 is 9.59 Å². The van der Waals surface area contributed by atoms with Crippen LogP contribution in [0.3, 0.4) is 0 Å². The summed E-state index contributed by atoms with van der Waals surface area (Å²) < 4.78 is 0. The van der Waals surface area contributed by atoms with Gasteiger partial charge in [0.05, 0.1) is 0 Å². The molecule has 0 spiro atoms. The lowest BCUT2D eigenvalue weighted by atomic mass is 9.93. The van der Waals surface area contributed by atoms with Crippen LogP contribution < -0.4 is 5.32 Å². The van der Waals surface area contributed by atoms with Crippen LogP contribution in [0.25, 0.3) is 0 Å². The van der Waals surface area contributed by atoms with Gasteiger partial charge in [-0.15, -0.1) is 0 Å². The summed E-state index contributed by atoms with van der Waals surface area (Å²) in [5.41, 5.74) is 0. The van der Waals surface area contributed by atoms with Crippen molar-refractivity contribution in [3.8, 4) is 0 Å². The summed E-state index contributed by atoms with van der Waals surface area (Å²) in [5, 5.41) is 2.78. The maximum absolute atomic E-state index is 12.2. The van der Waals surface area contributed by atoms with Crippen LogP contribution in [0.4, 0.5) is 0 Å². The number of nitrogens with zero attached hydrogens (tertiary/aromatic N) is 1. The molecule has 1 aliphatic heterocycles. The zero-order valence-electron chi connectivity index (χ0n) is 11.7. The van der Waals surface area contributed by atoms with Crippen LogP contribution >= 0.6 is 11.8 Å². The fraction of sp³-hybridized carbons (Fsp3) is 0.846. The lowest BCUT2D eigenvalue weighted by molar-refractivity contribution is -0.150. The van der Waals surface area contributed by atoms with Crippen molar-refractivity contribution in [3.63, 3.8) is 0 Å². The van der Waals surface area contributed by atoms with Crippen molar-refractivity contribution in [2.24, 2.45) is 5.92 Å². The lowest BCUT2D eigenvalue weighted by Crippen LogP contribution is -2.64. The monoisotopic (exact) mass is 272 g/mol. The van der Waals surface area contributed by atoms with Gasteiger partial charge in [-0.1, -0.05) is 20.3 Å². The second-order valence-corrected chi connectivity index (χ2v) is 5.92. The highest BCUT2D eigenvalue weighted by Gasteiger charge is 2.40. The summed E-state index contributed by atoms with van der Waals surface area (Å²) in [5.74, 6) is 1.28. The molecular weight excluding hydrogens is 248 g/mol. The number of amides is 2. The maximum atomic E-state index is 12.2. The van der Waals surface area contributed by atoms with Gasteiger partial charge in [-0.3, -0.25) is 9.59 Å². The third-order valence-electron chi connectivity index (χ3n) is 3.55. The molecule has 0 aromatic heterocycles. The van der Waals surface area contributed by atoms with Gasteiger partial charge < -0.3 is 10.2 Å². The molecule has 0 bridgehead atoms. The average molecular weight is 272 g/mol. The topological polar surface area (TPSA) is 49.4 Å². The van der Waals surface area contributed by atoms with Gasteiger partial charge in [0.1, 0.15) is 12.1 Å². The van der Waals surface area contributed by atoms with Gasteiger partial charge in [0.25, 0.3) is 0 Å². The molecule has 3 atom stereocenters. The number of rotatable bonds is 6. The largest absolute Gasteiger partial charge is 0.343 e. The second kappa shape index (κ2) is 7.02. The van der Waals surface area contributed by atoms with Crippen molar-refractivity contribution in [2.45, 2.75) is 45.7 Å². The minimum atomic E-state index is -0.382. The van der Waals surface area contributed by atoms with E-state index in [1.165, 1.54) is 0 Å². The molecule has 1 saturated heterocycles. The van der Waals surface area contributed by atoms with Crippen LogP contribution in [-0.4, -0.2) is 47.4 Å². The number of thioether (sulfide) groups is 1. The number of carbonyl (C=O) groups is 2. The molecule has 104 valence electrons. The molecule has 1 fully saturated rings. The molecule has 18 heavy (non-hydrogen) atoms. The van der Waals surface area contributed by atoms with Gasteiger partial charge in [-0.25, -0.2) is 0 Å². The van der Waals surface area contributed by atoms with Crippen molar-refractivity contribution in [2.75, 3.05) is 18.6 Å². The summed E-state index contributed by atoms with van der Waals surface area (Å²) >= 11 is 1.77. The van der Waals surface area contributed by atoms with E-state index in [1.807, 2.05) is 6.92 Å². The first kappa shape index (κ1) is 15.3. The van der Waals surface area contributed by atoms with Gasteiger partial charge in [0.15, 0.2) is 0 Å². The van der Waals surface area contributed by atoms with E-state index >= 15 is 0 Å². The standard InChI is InChI=1S/C13H24N2O2S/c1-5-9(2)11-12(16)14-10(3)13(17)15(11)7-6-8-18-4/h9-11H,5-8H2,1-4H3,(H,14,16). The molecule has 1 aliphatic rings. The van der Waals surface area contributed by atoms with Crippen LogP contribution in [0.15, 0.2) is 0 Å². The molecule has 1 rings (SSSR count). The second-order valence-electron chi connectivity index (χ2n) is 4.94. The van der Waals surface area contributed by atoms with Crippen LogP contribution in [0.2, 0.25) is 0 Å². The lowest BCUT2D eigenvalue weighted by Gasteiger charge is -2.40. The molecule has 1 N–H and O–H groups in total. The molecular formula is C13H24N2O2S. The minimum absolute atomic E-state index is 0.000557. The molecule has 0 aliphatic carbocycles. The number of hydrogen-bond acceptors (Lipinski definition) is 3. The number of nitrogens with one attached hydrogen (secondary N) is 1. The molecule has 2 amide bonds. The SMILES string of the molecule is CCC(C)C1C(=O)NC(C)C(=O)N1CCCSC. The first-order valence-corrected chi connectivity index (χ1v) is 8.02. The van der Waals surface area contributed by atoms with E-state index in [0.29, 0.717) is 6.54 Å². The van der Waals surface area contributed by atoms with E-state index in [0.717, 1.165) is 18.6 Å². The fourth-order valence-corrected chi connectivity index (χ4v) is 2.72. The summed E-state index contributed by atoms with van der Waals surface area (Å²) in [6.07, 6.45) is 3.90. The fourth-order valence-electron chi connectivity index (χ4n) is 2.31. The number of carbonyl (C=O) groups excluding carboxylic acids is 2. The van der Waals surface area contributed by atoms with Gasteiger partial charge in [0, 0.05) is 6.54 Å². The van der Waals surface area contributed by atoms with E-state index in [4.69, 9.17) is 0 Å². The van der Waals surface area contributed by atoms with E-state index in [-0.39, 0.29) is 29.8 Å². The van der Waals surface area contributed by atoms with Crippen LogP contribution in [0.5, 0.6) is 0 Å². The predicted molar refractivity (Wildman–Crippen MR) is 75.6 cm³/mol. The van der Waals surface area contributed by atoms with Crippen LogP contribution in [0.1, 0.15) is 33.6 Å². The number of piperazine rings is 1. The molecule has 5 heteroatoms.